The number of fused-ring (bicyclic) bond motifs is 1. The summed E-state index contributed by atoms with van der Waals surface area (Å²) >= 11 is 6.70. The van der Waals surface area contributed by atoms with Gasteiger partial charge in [-0.3, -0.25) is 0 Å². The van der Waals surface area contributed by atoms with E-state index in [4.69, 9.17) is 0 Å². The van der Waals surface area contributed by atoms with E-state index in [9.17, 15) is 0 Å². The molecule has 0 amide bonds. The molecule has 0 aliphatic rings. The van der Waals surface area contributed by atoms with Crippen molar-refractivity contribution < 1.29 is 0 Å². The van der Waals surface area contributed by atoms with E-state index in [2.05, 4.69) is 55.7 Å². The molecule has 4 rings (SSSR count). The molecule has 0 radical (unpaired) electrons. The smallest absolute Gasteiger partial charge is 0.181 e. The van der Waals surface area contributed by atoms with Gasteiger partial charge < -0.3 is 0 Å². The molecule has 4 aromatic rings. The van der Waals surface area contributed by atoms with Gasteiger partial charge in [0.05, 0.1) is 4.88 Å². The van der Waals surface area contributed by atoms with E-state index >= 15 is 0 Å². The highest BCUT2D eigenvalue weighted by Crippen LogP contribution is 2.32. The maximum absolute atomic E-state index is 4.68. The van der Waals surface area contributed by atoms with Gasteiger partial charge >= 0.3 is 0 Å². The van der Waals surface area contributed by atoms with Crippen molar-refractivity contribution in [2.75, 3.05) is 0 Å². The van der Waals surface area contributed by atoms with Crippen LogP contribution in [0.2, 0.25) is 0 Å². The van der Waals surface area contributed by atoms with Gasteiger partial charge in [-0.1, -0.05) is 39.4 Å². The lowest BCUT2D eigenvalue weighted by Crippen LogP contribution is -1.90. The van der Waals surface area contributed by atoms with Crippen LogP contribution in [0.15, 0.2) is 40.2 Å². The Morgan fingerprint density at radius 1 is 1.19 bits per heavy atom. The number of benzene rings is 1. The summed E-state index contributed by atoms with van der Waals surface area (Å²) in [6.45, 7) is 2.08. The summed E-state index contributed by atoms with van der Waals surface area (Å²) in [6, 6.07) is 10.2. The molecule has 3 heterocycles. The zero-order chi connectivity index (χ0) is 14.4. The first-order valence-electron chi connectivity index (χ1n) is 6.25. The Labute approximate surface area is 137 Å². The summed E-state index contributed by atoms with van der Waals surface area (Å²) in [5, 5.41) is 16.2. The summed E-state index contributed by atoms with van der Waals surface area (Å²) in [6.07, 6.45) is 0. The predicted octanol–water partition coefficient (Wildman–Crippen LogP) is 4.65. The summed E-state index contributed by atoms with van der Waals surface area (Å²) < 4.78 is 2.88. The number of nitrogens with zero attached hydrogens (tertiary/aromatic N) is 4. The quantitative estimate of drug-likeness (QED) is 0.511. The molecule has 0 N–H and O–H groups in total. The van der Waals surface area contributed by atoms with Crippen LogP contribution in [0.5, 0.6) is 0 Å². The SMILES string of the molecule is Cc1ccsc1-c1nnc2sc(-c3cccc(Br)c3)nn12. The van der Waals surface area contributed by atoms with E-state index in [1.54, 1.807) is 22.7 Å². The van der Waals surface area contributed by atoms with Crippen LogP contribution in [0.1, 0.15) is 5.56 Å². The first-order chi connectivity index (χ1) is 10.2. The minimum Gasteiger partial charge on any atom is -0.181 e. The highest BCUT2D eigenvalue weighted by molar-refractivity contribution is 9.10. The van der Waals surface area contributed by atoms with Gasteiger partial charge in [0.25, 0.3) is 0 Å². The molecule has 0 bridgehead atoms. The van der Waals surface area contributed by atoms with Crippen LogP contribution in [-0.2, 0) is 0 Å². The van der Waals surface area contributed by atoms with E-state index in [-0.39, 0.29) is 0 Å². The van der Waals surface area contributed by atoms with E-state index in [0.29, 0.717) is 0 Å². The minimum atomic E-state index is 0.813. The van der Waals surface area contributed by atoms with Gasteiger partial charge in [0.15, 0.2) is 5.82 Å². The number of thiophene rings is 1. The topological polar surface area (TPSA) is 43.1 Å². The van der Waals surface area contributed by atoms with Crippen LogP contribution < -0.4 is 0 Å². The zero-order valence-corrected chi connectivity index (χ0v) is 14.2. The molecule has 0 saturated carbocycles. The van der Waals surface area contributed by atoms with Crippen molar-refractivity contribution in [2.45, 2.75) is 6.92 Å². The summed E-state index contributed by atoms with van der Waals surface area (Å²) in [4.78, 5) is 1.93. The van der Waals surface area contributed by atoms with Gasteiger partial charge in [0.1, 0.15) is 5.01 Å². The average Bonchev–Trinajstić information content (AvgIpc) is 3.13. The van der Waals surface area contributed by atoms with Crippen LogP contribution >= 0.6 is 38.6 Å². The Hall–Kier alpha value is -1.57. The molecule has 0 atom stereocenters. The van der Waals surface area contributed by atoms with E-state index in [0.717, 1.165) is 30.7 Å². The number of rotatable bonds is 2. The Morgan fingerprint density at radius 2 is 2.10 bits per heavy atom. The predicted molar refractivity (Wildman–Crippen MR) is 89.8 cm³/mol. The van der Waals surface area contributed by atoms with Crippen molar-refractivity contribution in [1.82, 2.24) is 19.8 Å². The lowest BCUT2D eigenvalue weighted by atomic mass is 10.2. The second-order valence-electron chi connectivity index (χ2n) is 4.57. The highest BCUT2D eigenvalue weighted by Gasteiger charge is 2.16. The molecular formula is C14H9BrN4S2. The van der Waals surface area contributed by atoms with Crippen LogP contribution in [-0.4, -0.2) is 19.8 Å². The third kappa shape index (κ3) is 2.21. The molecule has 7 heteroatoms. The molecule has 0 aliphatic heterocycles. The van der Waals surface area contributed by atoms with E-state index < -0.39 is 0 Å². The van der Waals surface area contributed by atoms with Crippen LogP contribution in [0.4, 0.5) is 0 Å². The number of aromatic nitrogens is 4. The molecule has 21 heavy (non-hydrogen) atoms. The van der Waals surface area contributed by atoms with Crippen LogP contribution in [0, 0.1) is 6.92 Å². The maximum Gasteiger partial charge on any atom is 0.235 e. The van der Waals surface area contributed by atoms with E-state index in [1.807, 2.05) is 22.7 Å². The van der Waals surface area contributed by atoms with Gasteiger partial charge in [-0.15, -0.1) is 21.5 Å². The fourth-order valence-corrected chi connectivity index (χ4v) is 4.23. The molecule has 0 fully saturated rings. The molecule has 1 aromatic carbocycles. The second kappa shape index (κ2) is 5.01. The van der Waals surface area contributed by atoms with Crippen LogP contribution in [0.3, 0.4) is 0 Å². The molecule has 0 spiro atoms. The van der Waals surface area contributed by atoms with Crippen molar-refractivity contribution in [1.29, 1.82) is 0 Å². The maximum atomic E-state index is 4.68. The summed E-state index contributed by atoms with van der Waals surface area (Å²) in [5.41, 5.74) is 2.28. The van der Waals surface area contributed by atoms with Gasteiger partial charge in [-0.2, -0.15) is 9.61 Å². The molecule has 0 unspecified atom stereocenters. The number of halogens is 1. The first-order valence-corrected chi connectivity index (χ1v) is 8.74. The summed E-state index contributed by atoms with van der Waals surface area (Å²) in [5.74, 6) is 0.815. The fraction of sp³-hybridized carbons (Fsp3) is 0.0714. The molecule has 0 saturated heterocycles. The number of hydrogen-bond donors (Lipinski definition) is 0. The van der Waals surface area contributed by atoms with Crippen molar-refractivity contribution in [3.05, 3.63) is 45.7 Å². The summed E-state index contributed by atoms with van der Waals surface area (Å²) in [7, 11) is 0. The molecule has 0 aliphatic carbocycles. The molecular weight excluding hydrogens is 368 g/mol. The highest BCUT2D eigenvalue weighted by atomic mass is 79.9. The fourth-order valence-electron chi connectivity index (χ4n) is 2.10. The third-order valence-corrected chi connectivity index (χ3v) is 5.58. The monoisotopic (exact) mass is 376 g/mol. The van der Waals surface area contributed by atoms with Gasteiger partial charge in [0.2, 0.25) is 4.96 Å². The molecule has 104 valence electrons. The lowest BCUT2D eigenvalue weighted by molar-refractivity contribution is 0.972. The zero-order valence-electron chi connectivity index (χ0n) is 10.9. The molecule has 3 aromatic heterocycles. The standard InChI is InChI=1S/C14H9BrN4S2/c1-8-5-6-20-11(8)12-16-17-14-19(12)18-13(21-14)9-3-2-4-10(15)7-9/h2-7H,1H3. The Bertz CT molecular complexity index is 937. The number of hydrogen-bond acceptors (Lipinski definition) is 5. The number of aryl methyl sites for hydroxylation is 1. The minimum absolute atomic E-state index is 0.813. The largest absolute Gasteiger partial charge is 0.235 e. The third-order valence-electron chi connectivity index (χ3n) is 3.13. The Kier molecular flexibility index (Phi) is 3.13. The van der Waals surface area contributed by atoms with Gasteiger partial charge in [0, 0.05) is 10.0 Å². The normalized spacial score (nSPS) is 11.3. The van der Waals surface area contributed by atoms with Gasteiger partial charge in [-0.05, 0) is 36.1 Å². The lowest BCUT2D eigenvalue weighted by Gasteiger charge is -1.96. The van der Waals surface area contributed by atoms with Gasteiger partial charge in [-0.25, -0.2) is 0 Å². The van der Waals surface area contributed by atoms with Crippen molar-refractivity contribution >= 4 is 43.6 Å². The molecule has 4 nitrogen and oxygen atoms in total. The van der Waals surface area contributed by atoms with E-state index in [1.165, 1.54) is 5.56 Å². The Balaban J connectivity index is 1.88. The first kappa shape index (κ1) is 13.1. The van der Waals surface area contributed by atoms with Crippen LogP contribution in [0.25, 0.3) is 26.2 Å². The average molecular weight is 377 g/mol. The van der Waals surface area contributed by atoms with Crippen molar-refractivity contribution in [3.63, 3.8) is 0 Å². The van der Waals surface area contributed by atoms with Crippen molar-refractivity contribution in [3.8, 4) is 21.3 Å². The second-order valence-corrected chi connectivity index (χ2v) is 7.36. The Morgan fingerprint density at radius 3 is 2.86 bits per heavy atom. The van der Waals surface area contributed by atoms with Crippen molar-refractivity contribution in [2.24, 2.45) is 0 Å².